The maximum absolute atomic E-state index is 5.76. The second kappa shape index (κ2) is 6.09. The highest BCUT2D eigenvalue weighted by atomic mass is 32.2. The summed E-state index contributed by atoms with van der Waals surface area (Å²) >= 11 is 3.18. The van der Waals surface area contributed by atoms with Crippen LogP contribution in [0.2, 0.25) is 0 Å². The van der Waals surface area contributed by atoms with E-state index < -0.39 is 0 Å². The number of thioether (sulfide) groups is 1. The SMILES string of the molecule is Cc1nnc(CSc2nnc(-c3cc4c(s3)CC[C@@H](C)C4)o2)o1. The van der Waals surface area contributed by atoms with Gasteiger partial charge in [0, 0.05) is 11.8 Å². The molecule has 0 saturated carbocycles. The Morgan fingerprint density at radius 3 is 3.00 bits per heavy atom. The number of hydrogen-bond donors (Lipinski definition) is 0. The molecule has 0 radical (unpaired) electrons. The molecule has 0 spiro atoms. The van der Waals surface area contributed by atoms with Crippen LogP contribution in [0.25, 0.3) is 10.8 Å². The van der Waals surface area contributed by atoms with Gasteiger partial charge in [-0.15, -0.1) is 31.7 Å². The van der Waals surface area contributed by atoms with E-state index >= 15 is 0 Å². The molecular weight excluding hydrogens is 332 g/mol. The molecule has 23 heavy (non-hydrogen) atoms. The van der Waals surface area contributed by atoms with E-state index in [4.69, 9.17) is 8.83 Å². The van der Waals surface area contributed by atoms with Crippen LogP contribution in [-0.2, 0) is 18.6 Å². The summed E-state index contributed by atoms with van der Waals surface area (Å²) in [5, 5.41) is 16.5. The fourth-order valence-electron chi connectivity index (χ4n) is 2.70. The lowest BCUT2D eigenvalue weighted by Gasteiger charge is -2.16. The standard InChI is InChI=1S/C15H16N4O2S2/c1-8-3-4-11-10(5-8)6-12(23-11)14-18-19-15(21-14)22-7-13-17-16-9(2)20-13/h6,8H,3-5,7H2,1-2H3/t8-/m1/s1. The smallest absolute Gasteiger partial charge is 0.277 e. The Kier molecular flexibility index (Phi) is 3.94. The van der Waals surface area contributed by atoms with Crippen LogP contribution in [0.4, 0.5) is 0 Å². The van der Waals surface area contributed by atoms with Gasteiger partial charge in [0.1, 0.15) is 0 Å². The predicted octanol–water partition coefficient (Wildman–Crippen LogP) is 3.91. The van der Waals surface area contributed by atoms with Gasteiger partial charge in [0.2, 0.25) is 11.8 Å². The minimum absolute atomic E-state index is 0.524. The van der Waals surface area contributed by atoms with Crippen molar-refractivity contribution in [1.29, 1.82) is 0 Å². The summed E-state index contributed by atoms with van der Waals surface area (Å²) in [7, 11) is 0. The first-order valence-corrected chi connectivity index (χ1v) is 9.35. The largest absolute Gasteiger partial charge is 0.425 e. The first-order valence-electron chi connectivity index (χ1n) is 7.54. The zero-order valence-electron chi connectivity index (χ0n) is 12.9. The maximum atomic E-state index is 5.76. The van der Waals surface area contributed by atoms with Crippen LogP contribution < -0.4 is 0 Å². The summed E-state index contributed by atoms with van der Waals surface area (Å²) in [4.78, 5) is 2.53. The summed E-state index contributed by atoms with van der Waals surface area (Å²) < 4.78 is 11.1. The van der Waals surface area contributed by atoms with Crippen molar-refractivity contribution in [3.05, 3.63) is 28.3 Å². The van der Waals surface area contributed by atoms with Gasteiger partial charge in [-0.3, -0.25) is 0 Å². The van der Waals surface area contributed by atoms with E-state index in [1.807, 2.05) is 0 Å². The predicted molar refractivity (Wildman–Crippen MR) is 87.4 cm³/mol. The van der Waals surface area contributed by atoms with Crippen LogP contribution in [0.1, 0.15) is 35.6 Å². The lowest BCUT2D eigenvalue weighted by atomic mass is 9.90. The molecule has 0 aliphatic heterocycles. The summed E-state index contributed by atoms with van der Waals surface area (Å²) in [5.41, 5.74) is 1.44. The van der Waals surface area contributed by atoms with Gasteiger partial charge in [-0.05, 0) is 36.8 Å². The van der Waals surface area contributed by atoms with E-state index in [2.05, 4.69) is 33.4 Å². The van der Waals surface area contributed by atoms with E-state index in [0.29, 0.717) is 28.6 Å². The van der Waals surface area contributed by atoms with Crippen molar-refractivity contribution in [3.63, 3.8) is 0 Å². The first-order chi connectivity index (χ1) is 11.2. The van der Waals surface area contributed by atoms with Gasteiger partial charge in [-0.25, -0.2) is 0 Å². The Labute approximate surface area is 141 Å². The van der Waals surface area contributed by atoms with Gasteiger partial charge in [-0.2, -0.15) is 0 Å². The fraction of sp³-hybridized carbons (Fsp3) is 0.467. The second-order valence-corrected chi connectivity index (χ2v) is 7.85. The molecule has 0 N–H and O–H groups in total. The third-order valence-electron chi connectivity index (χ3n) is 3.83. The molecule has 0 aromatic carbocycles. The Morgan fingerprint density at radius 2 is 2.17 bits per heavy atom. The fourth-order valence-corrected chi connectivity index (χ4v) is 4.43. The molecule has 0 saturated heterocycles. The normalized spacial score (nSPS) is 17.4. The number of aromatic nitrogens is 4. The molecule has 1 aliphatic rings. The molecule has 8 heteroatoms. The van der Waals surface area contributed by atoms with Crippen molar-refractivity contribution in [2.75, 3.05) is 0 Å². The first kappa shape index (κ1) is 14.9. The number of hydrogen-bond acceptors (Lipinski definition) is 8. The van der Waals surface area contributed by atoms with Gasteiger partial charge < -0.3 is 8.83 Å². The van der Waals surface area contributed by atoms with E-state index in [9.17, 15) is 0 Å². The van der Waals surface area contributed by atoms with Gasteiger partial charge in [-0.1, -0.05) is 18.7 Å². The summed E-state index contributed by atoms with van der Waals surface area (Å²) in [5.74, 6) is 3.01. The Hall–Kier alpha value is -1.67. The Morgan fingerprint density at radius 1 is 1.26 bits per heavy atom. The third kappa shape index (κ3) is 3.18. The second-order valence-electron chi connectivity index (χ2n) is 5.78. The quantitative estimate of drug-likeness (QED) is 0.661. The number of rotatable bonds is 4. The Balaban J connectivity index is 1.47. The van der Waals surface area contributed by atoms with Crippen LogP contribution in [-0.4, -0.2) is 20.4 Å². The molecule has 0 bridgehead atoms. The molecule has 3 heterocycles. The van der Waals surface area contributed by atoms with Crippen molar-refractivity contribution < 1.29 is 8.83 Å². The lowest BCUT2D eigenvalue weighted by Crippen LogP contribution is -2.07. The molecule has 3 aromatic heterocycles. The molecule has 0 fully saturated rings. The minimum Gasteiger partial charge on any atom is -0.425 e. The molecule has 0 unspecified atom stereocenters. The molecule has 6 nitrogen and oxygen atoms in total. The maximum Gasteiger partial charge on any atom is 0.277 e. The van der Waals surface area contributed by atoms with Gasteiger partial charge in [0.15, 0.2) is 0 Å². The van der Waals surface area contributed by atoms with E-state index in [-0.39, 0.29) is 0 Å². The van der Waals surface area contributed by atoms with Crippen LogP contribution in [0.3, 0.4) is 0 Å². The minimum atomic E-state index is 0.524. The summed E-state index contributed by atoms with van der Waals surface area (Å²) in [6.07, 6.45) is 3.58. The van der Waals surface area contributed by atoms with E-state index in [1.54, 1.807) is 18.3 Å². The Bertz CT molecular complexity index is 823. The van der Waals surface area contributed by atoms with Crippen molar-refractivity contribution in [2.45, 2.75) is 44.1 Å². The van der Waals surface area contributed by atoms with Gasteiger partial charge in [0.25, 0.3) is 11.1 Å². The zero-order valence-corrected chi connectivity index (χ0v) is 14.5. The average Bonchev–Trinajstić information content (AvgIpc) is 3.23. The molecule has 0 amide bonds. The topological polar surface area (TPSA) is 77.8 Å². The van der Waals surface area contributed by atoms with Crippen molar-refractivity contribution in [1.82, 2.24) is 20.4 Å². The molecule has 1 atom stereocenters. The van der Waals surface area contributed by atoms with Crippen molar-refractivity contribution in [3.8, 4) is 10.8 Å². The molecule has 120 valence electrons. The van der Waals surface area contributed by atoms with E-state index in [0.717, 1.165) is 23.6 Å². The van der Waals surface area contributed by atoms with Gasteiger partial charge in [0.05, 0.1) is 10.6 Å². The number of fused-ring (bicyclic) bond motifs is 1. The third-order valence-corrected chi connectivity index (χ3v) is 5.86. The van der Waals surface area contributed by atoms with Crippen LogP contribution in [0.5, 0.6) is 0 Å². The molecule has 4 rings (SSSR count). The molecule has 1 aliphatic carbocycles. The van der Waals surface area contributed by atoms with Gasteiger partial charge >= 0.3 is 0 Å². The van der Waals surface area contributed by atoms with Crippen molar-refractivity contribution in [2.24, 2.45) is 5.92 Å². The van der Waals surface area contributed by atoms with Crippen LogP contribution in [0, 0.1) is 12.8 Å². The molecular formula is C15H16N4O2S2. The molecule has 3 aromatic rings. The number of nitrogens with zero attached hydrogens (tertiary/aromatic N) is 4. The lowest BCUT2D eigenvalue weighted by molar-refractivity contribution is 0.462. The highest BCUT2D eigenvalue weighted by Crippen LogP contribution is 2.37. The van der Waals surface area contributed by atoms with Crippen molar-refractivity contribution >= 4 is 23.1 Å². The highest BCUT2D eigenvalue weighted by molar-refractivity contribution is 7.98. The summed E-state index contributed by atoms with van der Waals surface area (Å²) in [6, 6.07) is 2.21. The van der Waals surface area contributed by atoms with Crippen LogP contribution >= 0.6 is 23.1 Å². The van der Waals surface area contributed by atoms with E-state index in [1.165, 1.54) is 28.6 Å². The summed E-state index contributed by atoms with van der Waals surface area (Å²) in [6.45, 7) is 4.08. The average molecular weight is 348 g/mol. The van der Waals surface area contributed by atoms with Crippen LogP contribution in [0.15, 0.2) is 20.1 Å². The number of aryl methyl sites for hydroxylation is 2. The highest BCUT2D eigenvalue weighted by Gasteiger charge is 2.21. The number of thiophene rings is 1. The zero-order chi connectivity index (χ0) is 15.8. The monoisotopic (exact) mass is 348 g/mol.